The Kier molecular flexibility index (Phi) is 9.90. The minimum atomic E-state index is -3.82. The zero-order valence-electron chi connectivity index (χ0n) is 25.4. The molecule has 13 heteroatoms. The molecule has 4 aromatic rings. The minimum absolute atomic E-state index is 0.0565. The molecular weight excluding hydrogens is 628 g/mol. The standard InChI is InChI=1S/C33H37ClN6O5S/c34-26-9-4-12-29(23-26)46(43,44)36-13-6-16-39-31(32(41)38-17-14-35-15-18-38)30(25-7-2-1-3-8-25)40(33(39)42)28-11-5-10-27(24-28)37-19-21-45-22-20-37/h1-5,7-12,23-24,35-36H,6,13-22H2. The van der Waals surface area contributed by atoms with Crippen LogP contribution in [0.25, 0.3) is 16.9 Å². The normalized spacial score (nSPS) is 15.7. The third kappa shape index (κ3) is 6.91. The van der Waals surface area contributed by atoms with E-state index in [9.17, 15) is 18.0 Å². The highest BCUT2D eigenvalue weighted by Crippen LogP contribution is 2.29. The molecule has 46 heavy (non-hydrogen) atoms. The first-order valence-electron chi connectivity index (χ1n) is 15.4. The largest absolute Gasteiger partial charge is 0.378 e. The van der Waals surface area contributed by atoms with Gasteiger partial charge < -0.3 is 19.9 Å². The van der Waals surface area contributed by atoms with E-state index in [-0.39, 0.29) is 41.7 Å². The fraction of sp³-hybridized carbons (Fsp3) is 0.333. The van der Waals surface area contributed by atoms with Gasteiger partial charge in [0.05, 0.1) is 29.5 Å². The molecule has 0 bridgehead atoms. The SMILES string of the molecule is O=C(c1c(-c2ccccc2)n(-c2cccc(N3CCOCC3)c2)c(=O)n1CCCNS(=O)(=O)c1cccc(Cl)c1)N1CCNCC1. The molecule has 1 amide bonds. The highest BCUT2D eigenvalue weighted by Gasteiger charge is 2.31. The number of imidazole rings is 1. The van der Waals surface area contributed by atoms with E-state index in [1.807, 2.05) is 54.6 Å². The topological polar surface area (TPSA) is 118 Å². The first-order valence-corrected chi connectivity index (χ1v) is 17.3. The Balaban J connectivity index is 1.40. The number of halogens is 1. The summed E-state index contributed by atoms with van der Waals surface area (Å²) in [6.07, 6.45) is 0.271. The molecule has 2 aliphatic heterocycles. The highest BCUT2D eigenvalue weighted by atomic mass is 35.5. The number of hydrogen-bond acceptors (Lipinski definition) is 7. The predicted molar refractivity (Wildman–Crippen MR) is 179 cm³/mol. The van der Waals surface area contributed by atoms with Gasteiger partial charge in [-0.1, -0.05) is 54.1 Å². The fourth-order valence-corrected chi connectivity index (χ4v) is 7.28. The van der Waals surface area contributed by atoms with E-state index >= 15 is 0 Å². The van der Waals surface area contributed by atoms with Crippen LogP contribution in [0.4, 0.5) is 5.69 Å². The van der Waals surface area contributed by atoms with Gasteiger partial charge in [0.1, 0.15) is 5.69 Å². The van der Waals surface area contributed by atoms with Gasteiger partial charge in [0.2, 0.25) is 10.0 Å². The summed E-state index contributed by atoms with van der Waals surface area (Å²) in [5, 5.41) is 3.60. The van der Waals surface area contributed by atoms with E-state index in [1.54, 1.807) is 21.6 Å². The second-order valence-electron chi connectivity index (χ2n) is 11.2. The Labute approximate surface area is 273 Å². The molecular formula is C33H37ClN6O5S. The smallest absolute Gasteiger partial charge is 0.333 e. The van der Waals surface area contributed by atoms with Crippen molar-refractivity contribution in [3.8, 4) is 16.9 Å². The number of morpholine rings is 1. The lowest BCUT2D eigenvalue weighted by atomic mass is 10.1. The lowest BCUT2D eigenvalue weighted by Crippen LogP contribution is -2.47. The van der Waals surface area contributed by atoms with Crippen LogP contribution in [-0.4, -0.2) is 87.4 Å². The maximum absolute atomic E-state index is 14.5. The number of carbonyl (C=O) groups is 1. The summed E-state index contributed by atoms with van der Waals surface area (Å²) in [6, 6.07) is 23.3. The van der Waals surface area contributed by atoms with Crippen LogP contribution in [0.3, 0.4) is 0 Å². The Morgan fingerprint density at radius 3 is 2.35 bits per heavy atom. The second-order valence-corrected chi connectivity index (χ2v) is 13.4. The average molecular weight is 665 g/mol. The van der Waals surface area contributed by atoms with Crippen molar-refractivity contribution in [2.24, 2.45) is 0 Å². The maximum Gasteiger partial charge on any atom is 0.333 e. The number of rotatable bonds is 10. The Morgan fingerprint density at radius 1 is 0.891 bits per heavy atom. The number of amides is 1. The van der Waals surface area contributed by atoms with Crippen molar-refractivity contribution < 1.29 is 17.9 Å². The number of anilines is 1. The summed E-state index contributed by atoms with van der Waals surface area (Å²) in [7, 11) is -3.82. The lowest BCUT2D eigenvalue weighted by Gasteiger charge is -2.29. The van der Waals surface area contributed by atoms with Gasteiger partial charge in [-0.15, -0.1) is 0 Å². The highest BCUT2D eigenvalue weighted by molar-refractivity contribution is 7.89. The Bertz CT molecular complexity index is 1850. The van der Waals surface area contributed by atoms with Gasteiger partial charge in [-0.25, -0.2) is 17.9 Å². The van der Waals surface area contributed by atoms with Crippen LogP contribution in [0.5, 0.6) is 0 Å². The Morgan fingerprint density at radius 2 is 1.61 bits per heavy atom. The number of ether oxygens (including phenoxy) is 1. The van der Waals surface area contributed by atoms with E-state index in [4.69, 9.17) is 16.3 Å². The number of sulfonamides is 1. The zero-order chi connectivity index (χ0) is 32.1. The molecule has 2 saturated heterocycles. The molecule has 2 fully saturated rings. The van der Waals surface area contributed by atoms with Crippen LogP contribution in [0.15, 0.2) is 88.6 Å². The molecule has 0 saturated carbocycles. The molecule has 6 rings (SSSR count). The third-order valence-corrected chi connectivity index (χ3v) is 9.91. The van der Waals surface area contributed by atoms with Crippen molar-refractivity contribution in [1.82, 2.24) is 24.1 Å². The van der Waals surface area contributed by atoms with Gasteiger partial charge in [-0.2, -0.15) is 0 Å². The number of nitrogens with zero attached hydrogens (tertiary/aromatic N) is 4. The molecule has 1 aromatic heterocycles. The molecule has 0 unspecified atom stereocenters. The van der Waals surface area contributed by atoms with Crippen LogP contribution in [-0.2, 0) is 21.3 Å². The summed E-state index contributed by atoms with van der Waals surface area (Å²) in [6.45, 7) is 5.25. The van der Waals surface area contributed by atoms with Crippen LogP contribution >= 0.6 is 11.6 Å². The van der Waals surface area contributed by atoms with Crippen molar-refractivity contribution >= 4 is 33.2 Å². The van der Waals surface area contributed by atoms with Crippen molar-refractivity contribution in [3.05, 3.63) is 100 Å². The maximum atomic E-state index is 14.5. The lowest BCUT2D eigenvalue weighted by molar-refractivity contribution is 0.0725. The molecule has 0 aliphatic carbocycles. The van der Waals surface area contributed by atoms with Gasteiger partial charge in [0.15, 0.2) is 0 Å². The zero-order valence-corrected chi connectivity index (χ0v) is 27.0. The summed E-state index contributed by atoms with van der Waals surface area (Å²) >= 11 is 6.01. The van der Waals surface area contributed by atoms with Gasteiger partial charge >= 0.3 is 5.69 Å². The van der Waals surface area contributed by atoms with E-state index in [2.05, 4.69) is 14.9 Å². The molecule has 2 aliphatic rings. The van der Waals surface area contributed by atoms with E-state index in [0.717, 1.165) is 24.3 Å². The average Bonchev–Trinajstić information content (AvgIpc) is 3.39. The molecule has 0 atom stereocenters. The van der Waals surface area contributed by atoms with Gasteiger partial charge in [-0.05, 0) is 42.8 Å². The quantitative estimate of drug-likeness (QED) is 0.250. The third-order valence-electron chi connectivity index (χ3n) is 8.22. The number of hydrogen-bond donors (Lipinski definition) is 2. The Hall–Kier alpha value is -3.94. The van der Waals surface area contributed by atoms with Crippen LogP contribution in [0, 0.1) is 0 Å². The summed E-state index contributed by atoms with van der Waals surface area (Å²) in [5.41, 5.74) is 2.76. The molecule has 0 radical (unpaired) electrons. The molecule has 0 spiro atoms. The molecule has 242 valence electrons. The predicted octanol–water partition coefficient (Wildman–Crippen LogP) is 3.21. The molecule has 11 nitrogen and oxygen atoms in total. The summed E-state index contributed by atoms with van der Waals surface area (Å²) in [4.78, 5) is 32.8. The number of nitrogens with one attached hydrogen (secondary N) is 2. The molecule has 3 aromatic carbocycles. The number of carbonyl (C=O) groups excluding carboxylic acids is 1. The van der Waals surface area contributed by atoms with E-state index in [0.29, 0.717) is 55.8 Å². The fourth-order valence-electron chi connectivity index (χ4n) is 5.90. The van der Waals surface area contributed by atoms with Crippen molar-refractivity contribution in [3.63, 3.8) is 0 Å². The van der Waals surface area contributed by atoms with Gasteiger partial charge in [0, 0.05) is 68.6 Å². The monoisotopic (exact) mass is 664 g/mol. The molecule has 2 N–H and O–H groups in total. The first-order chi connectivity index (χ1) is 22.3. The second kappa shape index (κ2) is 14.2. The molecule has 3 heterocycles. The van der Waals surface area contributed by atoms with Crippen molar-refractivity contribution in [1.29, 1.82) is 0 Å². The van der Waals surface area contributed by atoms with Crippen molar-refractivity contribution in [2.75, 3.05) is 63.9 Å². The van der Waals surface area contributed by atoms with Gasteiger partial charge in [-0.3, -0.25) is 13.9 Å². The summed E-state index contributed by atoms with van der Waals surface area (Å²) in [5.74, 6) is -0.236. The van der Waals surface area contributed by atoms with Crippen LogP contribution in [0.2, 0.25) is 5.02 Å². The van der Waals surface area contributed by atoms with Crippen molar-refractivity contribution in [2.45, 2.75) is 17.9 Å². The first kappa shape index (κ1) is 32.0. The van der Waals surface area contributed by atoms with E-state index < -0.39 is 10.0 Å². The van der Waals surface area contributed by atoms with E-state index in [1.165, 1.54) is 16.7 Å². The number of benzene rings is 3. The van der Waals surface area contributed by atoms with Crippen LogP contribution < -0.4 is 20.6 Å². The van der Waals surface area contributed by atoms with Gasteiger partial charge in [0.25, 0.3) is 5.91 Å². The minimum Gasteiger partial charge on any atom is -0.378 e. The number of piperazine rings is 1. The van der Waals surface area contributed by atoms with Crippen LogP contribution in [0.1, 0.15) is 16.9 Å². The number of aromatic nitrogens is 2. The summed E-state index contributed by atoms with van der Waals surface area (Å²) < 4.78 is 37.1.